The number of aromatic nitrogens is 3. The Labute approximate surface area is 171 Å². The first-order chi connectivity index (χ1) is 13.6. The van der Waals surface area contributed by atoms with Gasteiger partial charge in [0.05, 0.1) is 29.6 Å². The van der Waals surface area contributed by atoms with E-state index in [0.717, 1.165) is 41.0 Å². The van der Waals surface area contributed by atoms with Crippen molar-refractivity contribution in [3.05, 3.63) is 35.4 Å². The minimum absolute atomic E-state index is 0.0403. The second-order valence-electron chi connectivity index (χ2n) is 6.70. The summed E-state index contributed by atoms with van der Waals surface area (Å²) in [6.07, 6.45) is 5.24. The lowest BCUT2D eigenvalue weighted by molar-refractivity contribution is 0.116. The van der Waals surface area contributed by atoms with Gasteiger partial charge in [-0.05, 0) is 36.6 Å². The van der Waals surface area contributed by atoms with Gasteiger partial charge in [-0.15, -0.1) is 0 Å². The van der Waals surface area contributed by atoms with Gasteiger partial charge < -0.3 is 19.9 Å². The van der Waals surface area contributed by atoms with Crippen molar-refractivity contribution in [2.24, 2.45) is 0 Å². The van der Waals surface area contributed by atoms with E-state index < -0.39 is 0 Å². The van der Waals surface area contributed by atoms with Crippen LogP contribution in [0.15, 0.2) is 24.4 Å². The van der Waals surface area contributed by atoms with Gasteiger partial charge in [0.2, 0.25) is 5.28 Å². The zero-order valence-corrected chi connectivity index (χ0v) is 17.0. The number of fused-ring (bicyclic) bond motifs is 1. The van der Waals surface area contributed by atoms with Crippen molar-refractivity contribution in [1.82, 2.24) is 15.0 Å². The van der Waals surface area contributed by atoms with E-state index in [0.29, 0.717) is 17.2 Å². The molecule has 3 aromatic rings. The number of aliphatic hydroxyl groups excluding tert-OH is 1. The molecule has 2 heterocycles. The topological polar surface area (TPSA) is 89.4 Å². The monoisotopic (exact) mass is 420 g/mol. The number of aliphatic hydroxyl groups is 1. The van der Waals surface area contributed by atoms with E-state index in [1.807, 2.05) is 12.1 Å². The fourth-order valence-corrected chi connectivity index (χ4v) is 4.46. The predicted octanol–water partition coefficient (Wildman–Crippen LogP) is 4.04. The van der Waals surface area contributed by atoms with Gasteiger partial charge in [-0.1, -0.05) is 24.2 Å². The Morgan fingerprint density at radius 1 is 1.29 bits per heavy atom. The predicted molar refractivity (Wildman–Crippen MR) is 109 cm³/mol. The smallest absolute Gasteiger partial charge is 0.222 e. The third kappa shape index (κ3) is 4.29. The van der Waals surface area contributed by atoms with Gasteiger partial charge in [-0.25, -0.2) is 15.0 Å². The van der Waals surface area contributed by atoms with Crippen molar-refractivity contribution in [3.8, 4) is 11.5 Å². The molecular weight excluding hydrogens is 400 g/mol. The molecule has 1 fully saturated rings. The number of methoxy groups -OCH3 is 1. The van der Waals surface area contributed by atoms with Crippen LogP contribution in [0.1, 0.15) is 31.4 Å². The minimum Gasteiger partial charge on any atom is -0.494 e. The first-order valence-electron chi connectivity index (χ1n) is 9.16. The van der Waals surface area contributed by atoms with E-state index >= 15 is 0 Å². The number of nitrogens with one attached hydrogen (secondary N) is 1. The van der Waals surface area contributed by atoms with Crippen LogP contribution in [0.25, 0.3) is 10.2 Å². The van der Waals surface area contributed by atoms with Crippen molar-refractivity contribution in [2.75, 3.05) is 12.4 Å². The molecule has 2 atom stereocenters. The van der Waals surface area contributed by atoms with Crippen LogP contribution in [0.3, 0.4) is 0 Å². The quantitative estimate of drug-likeness (QED) is 0.581. The number of nitrogens with zero attached hydrogens (tertiary/aromatic N) is 3. The average Bonchev–Trinajstić information content (AvgIpc) is 3.10. The molecule has 1 aliphatic rings. The van der Waals surface area contributed by atoms with Crippen LogP contribution in [0, 0.1) is 0 Å². The van der Waals surface area contributed by atoms with Gasteiger partial charge in [0.1, 0.15) is 23.6 Å². The van der Waals surface area contributed by atoms with Gasteiger partial charge in [0, 0.05) is 12.3 Å². The number of thiazole rings is 1. The Morgan fingerprint density at radius 2 is 2.14 bits per heavy atom. The SMILES string of the molecule is COc1cc(OCc2ccnc(Cl)n2)cc2sc(NC3CCCC[C@@H]3O)nc12. The molecule has 0 radical (unpaired) electrons. The maximum atomic E-state index is 10.2. The van der Waals surface area contributed by atoms with E-state index in [9.17, 15) is 5.11 Å². The Bertz CT molecular complexity index is 968. The van der Waals surface area contributed by atoms with Gasteiger partial charge in [-0.2, -0.15) is 0 Å². The van der Waals surface area contributed by atoms with E-state index in [1.165, 1.54) is 11.3 Å². The molecule has 2 aromatic heterocycles. The fourth-order valence-electron chi connectivity index (χ4n) is 3.32. The molecule has 9 heteroatoms. The Morgan fingerprint density at radius 3 is 2.93 bits per heavy atom. The first-order valence-corrected chi connectivity index (χ1v) is 10.4. The van der Waals surface area contributed by atoms with E-state index in [4.69, 9.17) is 21.1 Å². The van der Waals surface area contributed by atoms with Crippen molar-refractivity contribution >= 4 is 38.3 Å². The molecular formula is C19H21ClN4O3S. The molecule has 1 aromatic carbocycles. The van der Waals surface area contributed by atoms with Crippen LogP contribution in [-0.2, 0) is 6.61 Å². The molecule has 28 heavy (non-hydrogen) atoms. The van der Waals surface area contributed by atoms with Crippen molar-refractivity contribution < 1.29 is 14.6 Å². The number of hydrogen-bond acceptors (Lipinski definition) is 8. The van der Waals surface area contributed by atoms with Crippen LogP contribution in [0.4, 0.5) is 5.13 Å². The summed E-state index contributed by atoms with van der Waals surface area (Å²) < 4.78 is 12.3. The number of hydrogen-bond donors (Lipinski definition) is 2. The summed E-state index contributed by atoms with van der Waals surface area (Å²) in [6, 6.07) is 5.54. The highest BCUT2D eigenvalue weighted by Crippen LogP contribution is 2.37. The number of halogens is 1. The number of anilines is 1. The third-order valence-corrected chi connectivity index (χ3v) is 5.88. The first kappa shape index (κ1) is 19.2. The highest BCUT2D eigenvalue weighted by molar-refractivity contribution is 7.22. The molecule has 0 aliphatic heterocycles. The van der Waals surface area contributed by atoms with Gasteiger partial charge >= 0.3 is 0 Å². The van der Waals surface area contributed by atoms with Crippen LogP contribution in [-0.4, -0.2) is 39.3 Å². The number of benzene rings is 1. The van der Waals surface area contributed by atoms with Gasteiger partial charge in [0.15, 0.2) is 5.13 Å². The average molecular weight is 421 g/mol. The molecule has 1 unspecified atom stereocenters. The lowest BCUT2D eigenvalue weighted by Gasteiger charge is -2.27. The molecule has 0 amide bonds. The van der Waals surface area contributed by atoms with Crippen molar-refractivity contribution in [3.63, 3.8) is 0 Å². The van der Waals surface area contributed by atoms with E-state index in [1.54, 1.807) is 19.4 Å². The molecule has 1 saturated carbocycles. The molecule has 0 spiro atoms. The summed E-state index contributed by atoms with van der Waals surface area (Å²) in [4.78, 5) is 12.7. The second kappa shape index (κ2) is 8.46. The maximum absolute atomic E-state index is 10.2. The summed E-state index contributed by atoms with van der Waals surface area (Å²) in [7, 11) is 1.61. The van der Waals surface area contributed by atoms with Crippen molar-refractivity contribution in [2.45, 2.75) is 44.4 Å². The summed E-state index contributed by atoms with van der Waals surface area (Å²) >= 11 is 7.34. The molecule has 1 aliphatic carbocycles. The Balaban J connectivity index is 1.54. The summed E-state index contributed by atoms with van der Waals surface area (Å²) in [5, 5.41) is 14.6. The summed E-state index contributed by atoms with van der Waals surface area (Å²) in [5.74, 6) is 1.30. The molecule has 0 saturated heterocycles. The Hall–Kier alpha value is -2.16. The largest absolute Gasteiger partial charge is 0.494 e. The van der Waals surface area contributed by atoms with E-state index in [-0.39, 0.29) is 24.0 Å². The van der Waals surface area contributed by atoms with Crippen LogP contribution >= 0.6 is 22.9 Å². The van der Waals surface area contributed by atoms with Crippen molar-refractivity contribution in [1.29, 1.82) is 0 Å². The minimum atomic E-state index is -0.332. The maximum Gasteiger partial charge on any atom is 0.222 e. The molecule has 148 valence electrons. The summed E-state index contributed by atoms with van der Waals surface area (Å²) in [5.41, 5.74) is 1.47. The lowest BCUT2D eigenvalue weighted by atomic mass is 9.93. The Kier molecular flexibility index (Phi) is 5.79. The molecule has 0 bridgehead atoms. The molecule has 2 N–H and O–H groups in total. The van der Waals surface area contributed by atoms with Crippen LogP contribution < -0.4 is 14.8 Å². The van der Waals surface area contributed by atoms with Crippen LogP contribution in [0.2, 0.25) is 5.28 Å². The van der Waals surface area contributed by atoms with Crippen LogP contribution in [0.5, 0.6) is 11.5 Å². The van der Waals surface area contributed by atoms with Gasteiger partial charge in [0.25, 0.3) is 0 Å². The normalized spacial score (nSPS) is 19.5. The number of ether oxygens (including phenoxy) is 2. The molecule has 4 rings (SSSR count). The fraction of sp³-hybridized carbons (Fsp3) is 0.421. The molecule has 7 nitrogen and oxygen atoms in total. The zero-order valence-electron chi connectivity index (χ0n) is 15.4. The lowest BCUT2D eigenvalue weighted by Crippen LogP contribution is -2.36. The highest BCUT2D eigenvalue weighted by atomic mass is 35.5. The number of rotatable bonds is 6. The van der Waals surface area contributed by atoms with Gasteiger partial charge in [-0.3, -0.25) is 0 Å². The standard InChI is InChI=1S/C19H21ClN4O3S/c1-26-15-8-12(27-10-11-6-7-21-18(20)22-11)9-16-17(15)24-19(28-16)23-13-4-2-3-5-14(13)25/h6-9,13-14,25H,2-5,10H2,1H3,(H,23,24)/t13?,14-/m0/s1. The zero-order chi connectivity index (χ0) is 19.5. The highest BCUT2D eigenvalue weighted by Gasteiger charge is 2.24. The third-order valence-electron chi connectivity index (χ3n) is 4.76. The van der Waals surface area contributed by atoms with E-state index in [2.05, 4.69) is 20.3 Å². The summed E-state index contributed by atoms with van der Waals surface area (Å²) in [6.45, 7) is 0.273. The second-order valence-corrected chi connectivity index (χ2v) is 8.07.